The Morgan fingerprint density at radius 3 is 2.95 bits per heavy atom. The fourth-order valence-electron chi connectivity index (χ4n) is 2.79. The van der Waals surface area contributed by atoms with E-state index >= 15 is 0 Å². The van der Waals surface area contributed by atoms with Crippen LogP contribution in [0.15, 0.2) is 18.2 Å². The third-order valence-corrected chi connectivity index (χ3v) is 3.99. The molecule has 0 bridgehead atoms. The Balaban J connectivity index is 1.47. The molecule has 1 atom stereocenters. The van der Waals surface area contributed by atoms with Gasteiger partial charge in [0.15, 0.2) is 11.5 Å². The van der Waals surface area contributed by atoms with Crippen molar-refractivity contribution < 1.29 is 14.3 Å². The Kier molecular flexibility index (Phi) is 4.60. The van der Waals surface area contributed by atoms with E-state index in [1.54, 1.807) is 0 Å². The van der Waals surface area contributed by atoms with E-state index in [4.69, 9.17) is 9.47 Å². The lowest BCUT2D eigenvalue weighted by Crippen LogP contribution is -2.41. The van der Waals surface area contributed by atoms with Crippen molar-refractivity contribution in [2.24, 2.45) is 5.92 Å². The second-order valence-electron chi connectivity index (χ2n) is 5.56. The molecule has 114 valence electrons. The Morgan fingerprint density at radius 1 is 1.29 bits per heavy atom. The molecular weight excluding hydrogens is 268 g/mol. The summed E-state index contributed by atoms with van der Waals surface area (Å²) in [6.45, 7) is 3.70. The van der Waals surface area contributed by atoms with Crippen LogP contribution < -0.4 is 20.1 Å². The third-order valence-electron chi connectivity index (χ3n) is 3.99. The van der Waals surface area contributed by atoms with Gasteiger partial charge in [0.1, 0.15) is 13.2 Å². The second-order valence-corrected chi connectivity index (χ2v) is 5.56. The summed E-state index contributed by atoms with van der Waals surface area (Å²) in [5.41, 5.74) is 1.15. The molecule has 2 aliphatic rings. The minimum atomic E-state index is 0.124. The maximum Gasteiger partial charge on any atom is 0.224 e. The largest absolute Gasteiger partial charge is 0.486 e. The van der Waals surface area contributed by atoms with E-state index < -0.39 is 0 Å². The van der Waals surface area contributed by atoms with Crippen molar-refractivity contribution >= 4 is 5.91 Å². The van der Waals surface area contributed by atoms with Gasteiger partial charge in [0.05, 0.1) is 5.92 Å². The van der Waals surface area contributed by atoms with Gasteiger partial charge in [0.25, 0.3) is 0 Å². The maximum absolute atomic E-state index is 12.0. The van der Waals surface area contributed by atoms with E-state index in [2.05, 4.69) is 10.6 Å². The highest BCUT2D eigenvalue weighted by molar-refractivity contribution is 5.78. The van der Waals surface area contributed by atoms with Crippen LogP contribution in [0.25, 0.3) is 0 Å². The number of nitrogens with one attached hydrogen (secondary N) is 2. The molecule has 1 amide bonds. The van der Waals surface area contributed by atoms with Crippen LogP contribution in [-0.4, -0.2) is 38.8 Å². The molecule has 0 aromatic heterocycles. The fraction of sp³-hybridized carbons (Fsp3) is 0.562. The fourth-order valence-corrected chi connectivity index (χ4v) is 2.79. The van der Waals surface area contributed by atoms with Crippen LogP contribution in [0.2, 0.25) is 0 Å². The van der Waals surface area contributed by atoms with Crippen molar-refractivity contribution in [3.05, 3.63) is 23.8 Å². The van der Waals surface area contributed by atoms with Gasteiger partial charge in [-0.1, -0.05) is 6.07 Å². The second kappa shape index (κ2) is 6.80. The highest BCUT2D eigenvalue weighted by Crippen LogP contribution is 2.30. The molecule has 1 fully saturated rings. The van der Waals surface area contributed by atoms with Crippen molar-refractivity contribution in [3.8, 4) is 11.5 Å². The zero-order chi connectivity index (χ0) is 14.5. The molecule has 0 aliphatic carbocycles. The standard InChI is InChI=1S/C16H22N2O3/c19-16(13-2-1-6-17-11-13)18-7-5-12-3-4-14-15(10-12)21-9-8-20-14/h3-4,10,13,17H,1-2,5-9,11H2,(H,18,19). The average molecular weight is 290 g/mol. The van der Waals surface area contributed by atoms with Gasteiger partial charge < -0.3 is 20.1 Å². The number of ether oxygens (including phenoxy) is 2. The quantitative estimate of drug-likeness (QED) is 0.872. The predicted molar refractivity (Wildman–Crippen MR) is 79.7 cm³/mol. The Morgan fingerprint density at radius 2 is 2.14 bits per heavy atom. The average Bonchev–Trinajstić information content (AvgIpc) is 2.55. The molecule has 1 aromatic carbocycles. The summed E-state index contributed by atoms with van der Waals surface area (Å²) in [5.74, 6) is 1.91. The first-order valence-corrected chi connectivity index (χ1v) is 7.70. The van der Waals surface area contributed by atoms with Crippen molar-refractivity contribution in [2.75, 3.05) is 32.8 Å². The van der Waals surface area contributed by atoms with E-state index in [9.17, 15) is 4.79 Å². The number of carbonyl (C=O) groups is 1. The molecule has 0 radical (unpaired) electrons. The first-order valence-electron chi connectivity index (χ1n) is 7.70. The van der Waals surface area contributed by atoms with E-state index in [1.165, 1.54) is 0 Å². The molecule has 2 aliphatic heterocycles. The van der Waals surface area contributed by atoms with E-state index in [0.29, 0.717) is 19.8 Å². The van der Waals surface area contributed by atoms with E-state index in [1.807, 2.05) is 18.2 Å². The first-order chi connectivity index (χ1) is 10.3. The summed E-state index contributed by atoms with van der Waals surface area (Å²) in [6, 6.07) is 5.97. The van der Waals surface area contributed by atoms with Crippen LogP contribution >= 0.6 is 0 Å². The molecule has 1 saturated heterocycles. The van der Waals surface area contributed by atoms with Gasteiger partial charge in [-0.15, -0.1) is 0 Å². The lowest BCUT2D eigenvalue weighted by Gasteiger charge is -2.22. The van der Waals surface area contributed by atoms with Crippen LogP contribution in [0.4, 0.5) is 0 Å². The zero-order valence-electron chi connectivity index (χ0n) is 12.2. The van der Waals surface area contributed by atoms with E-state index in [0.717, 1.165) is 49.4 Å². The number of piperidine rings is 1. The van der Waals surface area contributed by atoms with Crippen LogP contribution in [0.5, 0.6) is 11.5 Å². The molecule has 2 N–H and O–H groups in total. The monoisotopic (exact) mass is 290 g/mol. The minimum Gasteiger partial charge on any atom is -0.486 e. The third kappa shape index (κ3) is 3.67. The molecular formula is C16H22N2O3. The minimum absolute atomic E-state index is 0.124. The van der Waals surface area contributed by atoms with Gasteiger partial charge >= 0.3 is 0 Å². The van der Waals surface area contributed by atoms with E-state index in [-0.39, 0.29) is 11.8 Å². The predicted octanol–water partition coefficient (Wildman–Crippen LogP) is 1.12. The summed E-state index contributed by atoms with van der Waals surface area (Å²) in [5, 5.41) is 6.30. The summed E-state index contributed by atoms with van der Waals surface area (Å²) >= 11 is 0. The van der Waals surface area contributed by atoms with Crippen molar-refractivity contribution in [1.29, 1.82) is 0 Å². The Bertz CT molecular complexity index is 498. The van der Waals surface area contributed by atoms with Gasteiger partial charge in [-0.3, -0.25) is 4.79 Å². The zero-order valence-corrected chi connectivity index (χ0v) is 12.2. The van der Waals surface area contributed by atoms with Gasteiger partial charge in [-0.2, -0.15) is 0 Å². The first kappa shape index (κ1) is 14.2. The maximum atomic E-state index is 12.0. The van der Waals surface area contributed by atoms with Gasteiger partial charge in [-0.25, -0.2) is 0 Å². The highest BCUT2D eigenvalue weighted by atomic mass is 16.6. The van der Waals surface area contributed by atoms with Gasteiger partial charge in [0, 0.05) is 13.1 Å². The summed E-state index contributed by atoms with van der Waals surface area (Å²) in [7, 11) is 0. The van der Waals surface area contributed by atoms with Crippen LogP contribution in [0.1, 0.15) is 18.4 Å². The Hall–Kier alpha value is -1.75. The SMILES string of the molecule is O=C(NCCc1ccc2c(c1)OCCO2)C1CCCNC1. The smallest absolute Gasteiger partial charge is 0.224 e. The summed E-state index contributed by atoms with van der Waals surface area (Å²) in [6.07, 6.45) is 2.88. The number of benzene rings is 1. The molecule has 21 heavy (non-hydrogen) atoms. The molecule has 5 heteroatoms. The van der Waals surface area contributed by atoms with Crippen LogP contribution in [-0.2, 0) is 11.2 Å². The molecule has 1 unspecified atom stereocenters. The molecule has 5 nitrogen and oxygen atoms in total. The molecule has 2 heterocycles. The topological polar surface area (TPSA) is 59.6 Å². The lowest BCUT2D eigenvalue weighted by molar-refractivity contribution is -0.125. The van der Waals surface area contributed by atoms with Crippen LogP contribution in [0, 0.1) is 5.92 Å². The summed E-state index contributed by atoms with van der Waals surface area (Å²) < 4.78 is 11.1. The number of fused-ring (bicyclic) bond motifs is 1. The molecule has 1 aromatic rings. The number of hydrogen-bond donors (Lipinski definition) is 2. The lowest BCUT2D eigenvalue weighted by atomic mass is 9.99. The number of rotatable bonds is 4. The molecule has 3 rings (SSSR count). The number of hydrogen-bond acceptors (Lipinski definition) is 4. The summed E-state index contributed by atoms with van der Waals surface area (Å²) in [4.78, 5) is 12.0. The highest BCUT2D eigenvalue weighted by Gasteiger charge is 2.20. The molecule has 0 spiro atoms. The van der Waals surface area contributed by atoms with Gasteiger partial charge in [0.2, 0.25) is 5.91 Å². The molecule has 0 saturated carbocycles. The number of amides is 1. The van der Waals surface area contributed by atoms with Gasteiger partial charge in [-0.05, 0) is 43.5 Å². The Labute approximate surface area is 125 Å². The van der Waals surface area contributed by atoms with Crippen molar-refractivity contribution in [3.63, 3.8) is 0 Å². The normalized spacial score (nSPS) is 20.9. The van der Waals surface area contributed by atoms with Crippen molar-refractivity contribution in [1.82, 2.24) is 10.6 Å². The van der Waals surface area contributed by atoms with Crippen molar-refractivity contribution in [2.45, 2.75) is 19.3 Å². The number of carbonyl (C=O) groups excluding carboxylic acids is 1. The van der Waals surface area contributed by atoms with Crippen LogP contribution in [0.3, 0.4) is 0 Å².